The molecule has 1 aromatic heterocycles. The molecule has 0 saturated carbocycles. The van der Waals surface area contributed by atoms with Crippen LogP contribution in [-0.4, -0.2) is 29.7 Å². The van der Waals surface area contributed by atoms with Gasteiger partial charge in [-0.1, -0.05) is 13.8 Å². The fourth-order valence-electron chi connectivity index (χ4n) is 2.40. The van der Waals surface area contributed by atoms with Crippen molar-refractivity contribution in [3.05, 3.63) is 6.33 Å². The Balaban J connectivity index is 2.17. The summed E-state index contributed by atoms with van der Waals surface area (Å²) in [5.74, 6) is 2.73. The van der Waals surface area contributed by atoms with Gasteiger partial charge >= 0.3 is 0 Å². The van der Waals surface area contributed by atoms with Gasteiger partial charge in [0.05, 0.1) is 6.61 Å². The molecule has 2 rings (SSSR count). The summed E-state index contributed by atoms with van der Waals surface area (Å²) >= 11 is 0. The normalized spacial score (nSPS) is 19.6. The molecule has 1 fully saturated rings. The lowest BCUT2D eigenvalue weighted by atomic mass is 9.95. The van der Waals surface area contributed by atoms with Crippen LogP contribution < -0.4 is 15.4 Å². The standard InChI is InChI=1S/C13H22N4O/c1-4-18-13-11(14)12(15-8-16-13)17-6-5-10(7-17)9(2)3/h8-10H,4-7,14H2,1-3H3. The lowest BCUT2D eigenvalue weighted by Gasteiger charge is -2.21. The van der Waals surface area contributed by atoms with Crippen LogP contribution in [0.15, 0.2) is 6.33 Å². The van der Waals surface area contributed by atoms with Crippen molar-refractivity contribution >= 4 is 11.5 Å². The lowest BCUT2D eigenvalue weighted by Crippen LogP contribution is -2.23. The fourth-order valence-corrected chi connectivity index (χ4v) is 2.40. The van der Waals surface area contributed by atoms with Crippen molar-refractivity contribution in [3.63, 3.8) is 0 Å². The number of rotatable bonds is 4. The Kier molecular flexibility index (Phi) is 3.89. The molecular weight excluding hydrogens is 228 g/mol. The third-order valence-electron chi connectivity index (χ3n) is 3.57. The second-order valence-electron chi connectivity index (χ2n) is 5.09. The molecule has 0 aromatic carbocycles. The zero-order valence-electron chi connectivity index (χ0n) is 11.4. The van der Waals surface area contributed by atoms with Crippen LogP contribution in [0.3, 0.4) is 0 Å². The molecule has 18 heavy (non-hydrogen) atoms. The van der Waals surface area contributed by atoms with Gasteiger partial charge in [-0.15, -0.1) is 0 Å². The Labute approximate surface area is 108 Å². The van der Waals surface area contributed by atoms with Crippen LogP contribution in [0, 0.1) is 11.8 Å². The van der Waals surface area contributed by atoms with E-state index in [1.165, 1.54) is 12.7 Å². The predicted molar refractivity (Wildman–Crippen MR) is 72.8 cm³/mol. The van der Waals surface area contributed by atoms with E-state index in [9.17, 15) is 0 Å². The molecule has 0 amide bonds. The average Bonchev–Trinajstić information content (AvgIpc) is 2.81. The quantitative estimate of drug-likeness (QED) is 0.884. The highest BCUT2D eigenvalue weighted by Gasteiger charge is 2.27. The first-order valence-electron chi connectivity index (χ1n) is 6.61. The summed E-state index contributed by atoms with van der Waals surface area (Å²) in [6.45, 7) is 9.05. The van der Waals surface area contributed by atoms with Crippen LogP contribution in [0.1, 0.15) is 27.2 Å². The summed E-state index contributed by atoms with van der Waals surface area (Å²) in [4.78, 5) is 10.6. The molecule has 2 N–H and O–H groups in total. The van der Waals surface area contributed by atoms with E-state index < -0.39 is 0 Å². The second-order valence-corrected chi connectivity index (χ2v) is 5.09. The van der Waals surface area contributed by atoms with Crippen molar-refractivity contribution in [2.24, 2.45) is 11.8 Å². The van der Waals surface area contributed by atoms with Gasteiger partial charge in [0, 0.05) is 13.1 Å². The lowest BCUT2D eigenvalue weighted by molar-refractivity contribution is 0.328. The molecule has 0 bridgehead atoms. The van der Waals surface area contributed by atoms with Crippen LogP contribution in [-0.2, 0) is 0 Å². The first-order chi connectivity index (χ1) is 8.63. The van der Waals surface area contributed by atoms with Gasteiger partial charge in [-0.3, -0.25) is 0 Å². The van der Waals surface area contributed by atoms with Crippen LogP contribution >= 0.6 is 0 Å². The summed E-state index contributed by atoms with van der Waals surface area (Å²) in [6.07, 6.45) is 2.73. The molecule has 5 heteroatoms. The van der Waals surface area contributed by atoms with E-state index >= 15 is 0 Å². The number of aromatic nitrogens is 2. The minimum absolute atomic E-state index is 0.496. The summed E-state index contributed by atoms with van der Waals surface area (Å²) in [5, 5.41) is 0. The zero-order valence-corrected chi connectivity index (χ0v) is 11.4. The maximum absolute atomic E-state index is 6.08. The predicted octanol–water partition coefficient (Wildman–Crippen LogP) is 1.94. The molecular formula is C13H22N4O. The van der Waals surface area contributed by atoms with Crippen LogP contribution in [0.2, 0.25) is 0 Å². The van der Waals surface area contributed by atoms with Crippen molar-refractivity contribution < 1.29 is 4.74 Å². The number of nitrogens with two attached hydrogens (primary N) is 1. The van der Waals surface area contributed by atoms with E-state index in [4.69, 9.17) is 10.5 Å². The van der Waals surface area contributed by atoms with Crippen LogP contribution in [0.25, 0.3) is 0 Å². The summed E-state index contributed by atoms with van der Waals surface area (Å²) in [7, 11) is 0. The number of hydrogen-bond donors (Lipinski definition) is 1. The number of nitrogen functional groups attached to an aromatic ring is 1. The Morgan fingerprint density at radius 2 is 2.28 bits per heavy atom. The van der Waals surface area contributed by atoms with Gasteiger partial charge < -0.3 is 15.4 Å². The largest absolute Gasteiger partial charge is 0.476 e. The number of hydrogen-bond acceptors (Lipinski definition) is 5. The van der Waals surface area contributed by atoms with Crippen LogP contribution in [0.4, 0.5) is 11.5 Å². The van der Waals surface area contributed by atoms with Crippen molar-refractivity contribution in [2.45, 2.75) is 27.2 Å². The monoisotopic (exact) mass is 250 g/mol. The summed E-state index contributed by atoms with van der Waals surface area (Å²) < 4.78 is 5.41. The molecule has 1 atom stereocenters. The molecule has 1 aliphatic rings. The number of anilines is 2. The van der Waals surface area contributed by atoms with Gasteiger partial charge in [0.2, 0.25) is 5.88 Å². The first-order valence-corrected chi connectivity index (χ1v) is 6.61. The third-order valence-corrected chi connectivity index (χ3v) is 3.57. The molecule has 0 spiro atoms. The molecule has 1 aliphatic heterocycles. The van der Waals surface area contributed by atoms with Crippen molar-refractivity contribution in [2.75, 3.05) is 30.3 Å². The zero-order chi connectivity index (χ0) is 13.1. The van der Waals surface area contributed by atoms with E-state index in [0.29, 0.717) is 24.1 Å². The van der Waals surface area contributed by atoms with Crippen molar-refractivity contribution in [1.82, 2.24) is 9.97 Å². The van der Waals surface area contributed by atoms with E-state index in [1.54, 1.807) is 0 Å². The molecule has 0 radical (unpaired) electrons. The van der Waals surface area contributed by atoms with E-state index in [0.717, 1.165) is 24.8 Å². The molecule has 0 aliphatic carbocycles. The van der Waals surface area contributed by atoms with E-state index in [-0.39, 0.29) is 0 Å². The summed E-state index contributed by atoms with van der Waals surface area (Å²) in [6, 6.07) is 0. The highest BCUT2D eigenvalue weighted by molar-refractivity contribution is 5.68. The van der Waals surface area contributed by atoms with Crippen molar-refractivity contribution in [1.29, 1.82) is 0 Å². The van der Waals surface area contributed by atoms with Gasteiger partial charge in [-0.25, -0.2) is 4.98 Å². The molecule has 1 saturated heterocycles. The van der Waals surface area contributed by atoms with Gasteiger partial charge in [0.25, 0.3) is 0 Å². The second kappa shape index (κ2) is 5.42. The van der Waals surface area contributed by atoms with Gasteiger partial charge in [0.15, 0.2) is 5.82 Å². The number of ether oxygens (including phenoxy) is 1. The third kappa shape index (κ3) is 2.49. The molecule has 5 nitrogen and oxygen atoms in total. The van der Waals surface area contributed by atoms with E-state index in [2.05, 4.69) is 28.7 Å². The SMILES string of the molecule is CCOc1ncnc(N2CCC(C(C)C)C2)c1N. The Morgan fingerprint density at radius 3 is 2.89 bits per heavy atom. The van der Waals surface area contributed by atoms with Gasteiger partial charge in [-0.2, -0.15) is 4.98 Å². The van der Waals surface area contributed by atoms with E-state index in [1.807, 2.05) is 6.92 Å². The molecule has 100 valence electrons. The topological polar surface area (TPSA) is 64.3 Å². The molecule has 2 heterocycles. The molecule has 1 aromatic rings. The fraction of sp³-hybridized carbons (Fsp3) is 0.692. The smallest absolute Gasteiger partial charge is 0.242 e. The first kappa shape index (κ1) is 12.9. The minimum Gasteiger partial charge on any atom is -0.476 e. The Hall–Kier alpha value is -1.52. The summed E-state index contributed by atoms with van der Waals surface area (Å²) in [5.41, 5.74) is 6.64. The Bertz CT molecular complexity index is 408. The minimum atomic E-state index is 0.496. The van der Waals surface area contributed by atoms with Crippen LogP contribution in [0.5, 0.6) is 5.88 Å². The highest BCUT2D eigenvalue weighted by atomic mass is 16.5. The van der Waals surface area contributed by atoms with Gasteiger partial charge in [-0.05, 0) is 25.2 Å². The van der Waals surface area contributed by atoms with Crippen molar-refractivity contribution in [3.8, 4) is 5.88 Å². The maximum atomic E-state index is 6.08. The Morgan fingerprint density at radius 1 is 1.50 bits per heavy atom. The maximum Gasteiger partial charge on any atom is 0.242 e. The van der Waals surface area contributed by atoms with Gasteiger partial charge in [0.1, 0.15) is 12.0 Å². The average molecular weight is 250 g/mol. The number of nitrogens with zero attached hydrogens (tertiary/aromatic N) is 3. The highest BCUT2D eigenvalue weighted by Crippen LogP contribution is 2.33. The molecule has 1 unspecified atom stereocenters.